The van der Waals surface area contributed by atoms with Crippen LogP contribution in [0.25, 0.3) is 11.3 Å². The molecule has 30 heavy (non-hydrogen) atoms. The minimum Gasteiger partial charge on any atom is -0.366 e. The van der Waals surface area contributed by atoms with Gasteiger partial charge >= 0.3 is 12.4 Å². The Morgan fingerprint density at radius 1 is 0.900 bits per heavy atom. The second-order valence-corrected chi connectivity index (χ2v) is 6.76. The number of primary amides is 1. The monoisotopic (exact) mass is 426 g/mol. The molecular formula is C21H16F6N2O. The number of aromatic nitrogens is 1. The molecule has 0 fully saturated rings. The summed E-state index contributed by atoms with van der Waals surface area (Å²) in [6.45, 7) is 1.22. The quantitative estimate of drug-likeness (QED) is 0.539. The fraction of sp³-hybridized carbons (Fsp3) is 0.190. The number of halogens is 6. The van der Waals surface area contributed by atoms with Crippen LogP contribution < -0.4 is 5.73 Å². The number of amides is 1. The van der Waals surface area contributed by atoms with Crippen molar-refractivity contribution in [3.05, 3.63) is 82.5 Å². The summed E-state index contributed by atoms with van der Waals surface area (Å²) in [6, 6.07) is 11.5. The fourth-order valence-electron chi connectivity index (χ4n) is 3.24. The zero-order chi connectivity index (χ0) is 22.3. The molecule has 0 atom stereocenters. The van der Waals surface area contributed by atoms with E-state index in [0.29, 0.717) is 29.1 Å². The van der Waals surface area contributed by atoms with Crippen molar-refractivity contribution in [2.45, 2.75) is 25.8 Å². The van der Waals surface area contributed by atoms with Crippen molar-refractivity contribution in [1.29, 1.82) is 0 Å². The van der Waals surface area contributed by atoms with E-state index in [0.717, 1.165) is 0 Å². The van der Waals surface area contributed by atoms with Crippen LogP contribution >= 0.6 is 0 Å². The lowest BCUT2D eigenvalue weighted by Gasteiger charge is -2.17. The van der Waals surface area contributed by atoms with Crippen molar-refractivity contribution >= 4 is 5.91 Å². The van der Waals surface area contributed by atoms with Crippen molar-refractivity contribution in [1.82, 2.24) is 4.57 Å². The van der Waals surface area contributed by atoms with Crippen LogP contribution in [0.2, 0.25) is 0 Å². The van der Waals surface area contributed by atoms with Gasteiger partial charge in [-0.2, -0.15) is 26.3 Å². The first-order valence-electron chi connectivity index (χ1n) is 8.71. The average molecular weight is 426 g/mol. The smallest absolute Gasteiger partial charge is 0.366 e. The van der Waals surface area contributed by atoms with E-state index in [4.69, 9.17) is 5.73 Å². The van der Waals surface area contributed by atoms with Gasteiger partial charge in [0.2, 0.25) is 0 Å². The number of nitrogens with two attached hydrogens (primary N) is 1. The van der Waals surface area contributed by atoms with Gasteiger partial charge in [-0.05, 0) is 42.3 Å². The number of rotatable bonds is 4. The first kappa shape index (κ1) is 21.5. The fourth-order valence-corrected chi connectivity index (χ4v) is 3.24. The molecule has 0 aliphatic carbocycles. The molecule has 3 nitrogen and oxygen atoms in total. The van der Waals surface area contributed by atoms with Gasteiger partial charge in [-0.15, -0.1) is 0 Å². The standard InChI is InChI=1S/C21H16F6N2O/c1-12-17(19(28)30)10-18(14-5-3-2-4-6-14)29(12)11-13-7-15(20(22,23)24)9-16(8-13)21(25,26)27/h2-10H,11H2,1H3,(H2,28,30). The Morgan fingerprint density at radius 3 is 1.90 bits per heavy atom. The molecule has 1 aromatic heterocycles. The van der Waals surface area contributed by atoms with E-state index in [2.05, 4.69) is 0 Å². The van der Waals surface area contributed by atoms with Crippen molar-refractivity contribution in [2.24, 2.45) is 5.73 Å². The van der Waals surface area contributed by atoms with Gasteiger partial charge in [-0.3, -0.25) is 4.79 Å². The van der Waals surface area contributed by atoms with Crippen molar-refractivity contribution < 1.29 is 31.1 Å². The van der Waals surface area contributed by atoms with Gasteiger partial charge in [0.05, 0.1) is 16.7 Å². The molecule has 0 spiro atoms. The van der Waals surface area contributed by atoms with E-state index in [-0.39, 0.29) is 23.7 Å². The third-order valence-corrected chi connectivity index (χ3v) is 4.69. The molecule has 0 radical (unpaired) electrons. The summed E-state index contributed by atoms with van der Waals surface area (Å²) in [7, 11) is 0. The van der Waals surface area contributed by atoms with Crippen molar-refractivity contribution in [3.8, 4) is 11.3 Å². The van der Waals surface area contributed by atoms with Gasteiger partial charge in [0, 0.05) is 17.9 Å². The lowest BCUT2D eigenvalue weighted by Crippen LogP contribution is -2.14. The third-order valence-electron chi connectivity index (χ3n) is 4.69. The number of carbonyl (C=O) groups is 1. The van der Waals surface area contributed by atoms with Crippen LogP contribution in [0.1, 0.15) is 32.7 Å². The number of hydrogen-bond acceptors (Lipinski definition) is 1. The molecule has 9 heteroatoms. The van der Waals surface area contributed by atoms with E-state index in [9.17, 15) is 31.1 Å². The van der Waals surface area contributed by atoms with Crippen molar-refractivity contribution in [2.75, 3.05) is 0 Å². The summed E-state index contributed by atoms with van der Waals surface area (Å²) in [6.07, 6.45) is -9.88. The summed E-state index contributed by atoms with van der Waals surface area (Å²) in [4.78, 5) is 11.8. The second-order valence-electron chi connectivity index (χ2n) is 6.76. The van der Waals surface area contributed by atoms with Gasteiger partial charge in [0.25, 0.3) is 5.91 Å². The van der Waals surface area contributed by atoms with Crippen LogP contribution in [0.4, 0.5) is 26.3 Å². The Hall–Kier alpha value is -3.23. The Kier molecular flexibility index (Phi) is 5.40. The molecule has 3 rings (SSSR count). The first-order chi connectivity index (χ1) is 13.9. The highest BCUT2D eigenvalue weighted by Gasteiger charge is 2.37. The van der Waals surface area contributed by atoms with E-state index in [1.54, 1.807) is 30.3 Å². The number of benzene rings is 2. The highest BCUT2D eigenvalue weighted by molar-refractivity contribution is 5.95. The predicted molar refractivity (Wildman–Crippen MR) is 98.7 cm³/mol. The van der Waals surface area contributed by atoms with Crippen molar-refractivity contribution in [3.63, 3.8) is 0 Å². The molecule has 3 aromatic rings. The average Bonchev–Trinajstić information content (AvgIpc) is 2.97. The van der Waals surface area contributed by atoms with Crippen LogP contribution in [0.3, 0.4) is 0 Å². The lowest BCUT2D eigenvalue weighted by molar-refractivity contribution is -0.143. The van der Waals surface area contributed by atoms with Crippen LogP contribution in [-0.2, 0) is 18.9 Å². The van der Waals surface area contributed by atoms with Gasteiger partial charge < -0.3 is 10.3 Å². The van der Waals surface area contributed by atoms with Gasteiger partial charge in [0.15, 0.2) is 0 Å². The van der Waals surface area contributed by atoms with E-state index in [1.165, 1.54) is 17.6 Å². The molecule has 0 aliphatic heterocycles. The number of carbonyl (C=O) groups excluding carboxylic acids is 1. The molecule has 158 valence electrons. The normalized spacial score (nSPS) is 12.2. The summed E-state index contributed by atoms with van der Waals surface area (Å²) < 4.78 is 80.5. The summed E-state index contributed by atoms with van der Waals surface area (Å²) >= 11 is 0. The summed E-state index contributed by atoms with van der Waals surface area (Å²) in [5, 5.41) is 0. The molecule has 0 saturated carbocycles. The predicted octanol–water partition coefficient (Wildman–Crippen LogP) is 5.65. The third kappa shape index (κ3) is 4.34. The summed E-state index contributed by atoms with van der Waals surface area (Å²) in [5.74, 6) is -0.747. The minimum absolute atomic E-state index is 0.0823. The van der Waals surface area contributed by atoms with Crippen LogP contribution in [0.5, 0.6) is 0 Å². The number of alkyl halides is 6. The van der Waals surface area contributed by atoms with E-state index in [1.807, 2.05) is 0 Å². The minimum atomic E-state index is -4.94. The molecular weight excluding hydrogens is 410 g/mol. The molecule has 0 aliphatic rings. The van der Waals surface area contributed by atoms with E-state index < -0.39 is 29.4 Å². The van der Waals surface area contributed by atoms with Gasteiger partial charge in [-0.25, -0.2) is 0 Å². The molecule has 2 N–H and O–H groups in total. The highest BCUT2D eigenvalue weighted by Crippen LogP contribution is 2.37. The lowest BCUT2D eigenvalue weighted by atomic mass is 10.0. The Balaban J connectivity index is 2.18. The maximum atomic E-state index is 13.2. The molecule has 0 bridgehead atoms. The highest BCUT2D eigenvalue weighted by atomic mass is 19.4. The molecule has 2 aromatic carbocycles. The van der Waals surface area contributed by atoms with E-state index >= 15 is 0 Å². The number of nitrogens with zero attached hydrogens (tertiary/aromatic N) is 1. The zero-order valence-electron chi connectivity index (χ0n) is 15.6. The van der Waals surface area contributed by atoms with Gasteiger partial charge in [-0.1, -0.05) is 30.3 Å². The topological polar surface area (TPSA) is 48.0 Å². The Labute approximate surface area is 167 Å². The Bertz CT molecular complexity index is 1050. The van der Waals surface area contributed by atoms with Crippen LogP contribution in [-0.4, -0.2) is 10.5 Å². The second kappa shape index (κ2) is 7.55. The van der Waals surface area contributed by atoms with Gasteiger partial charge in [0.1, 0.15) is 0 Å². The summed E-state index contributed by atoms with van der Waals surface area (Å²) in [5.41, 5.74) is 3.95. The maximum Gasteiger partial charge on any atom is 0.416 e. The molecule has 1 amide bonds. The maximum absolute atomic E-state index is 13.2. The SMILES string of the molecule is Cc1c(C(N)=O)cc(-c2ccccc2)n1Cc1cc(C(F)(F)F)cc(C(F)(F)F)c1. The van der Waals surface area contributed by atoms with Crippen LogP contribution in [0, 0.1) is 6.92 Å². The largest absolute Gasteiger partial charge is 0.416 e. The first-order valence-corrected chi connectivity index (χ1v) is 8.71. The van der Waals surface area contributed by atoms with Crippen LogP contribution in [0.15, 0.2) is 54.6 Å². The zero-order valence-corrected chi connectivity index (χ0v) is 15.6. The number of hydrogen-bond donors (Lipinski definition) is 1. The molecule has 0 unspecified atom stereocenters. The molecule has 0 saturated heterocycles. The molecule has 1 heterocycles. The Morgan fingerprint density at radius 2 is 1.43 bits per heavy atom.